The molecule has 0 aliphatic carbocycles. The van der Waals surface area contributed by atoms with Crippen LogP contribution in [0.2, 0.25) is 0 Å². The van der Waals surface area contributed by atoms with Gasteiger partial charge in [0.15, 0.2) is 6.04 Å². The number of β-lactam (4-membered cyclic amide) rings is 1. The lowest BCUT2D eigenvalue weighted by Gasteiger charge is -2.45. The van der Waals surface area contributed by atoms with E-state index in [0.717, 1.165) is 4.57 Å². The summed E-state index contributed by atoms with van der Waals surface area (Å²) in [7, 11) is 1.17. The van der Waals surface area contributed by atoms with Crippen molar-refractivity contribution in [2.24, 2.45) is 0 Å². The van der Waals surface area contributed by atoms with Crippen LogP contribution in [0.1, 0.15) is 32.4 Å². The van der Waals surface area contributed by atoms with E-state index in [0.29, 0.717) is 0 Å². The molecule has 1 aromatic rings. The highest BCUT2D eigenvalue weighted by molar-refractivity contribution is 5.98. The zero-order chi connectivity index (χ0) is 21.2. The van der Waals surface area contributed by atoms with Gasteiger partial charge in [0, 0.05) is 24.8 Å². The number of aryl methyl sites for hydroxylation is 1. The van der Waals surface area contributed by atoms with E-state index in [4.69, 9.17) is 9.47 Å². The van der Waals surface area contributed by atoms with Crippen LogP contribution in [0.4, 0.5) is 4.79 Å². The van der Waals surface area contributed by atoms with E-state index in [-0.39, 0.29) is 18.7 Å². The highest BCUT2D eigenvalue weighted by atomic mass is 16.6. The number of rotatable bonds is 5. The van der Waals surface area contributed by atoms with E-state index < -0.39 is 46.9 Å². The van der Waals surface area contributed by atoms with Crippen molar-refractivity contribution in [3.05, 3.63) is 32.6 Å². The van der Waals surface area contributed by atoms with Gasteiger partial charge in [-0.15, -0.1) is 0 Å². The molecule has 0 spiro atoms. The first kappa shape index (κ1) is 21.2. The van der Waals surface area contributed by atoms with E-state index >= 15 is 0 Å². The fourth-order valence-corrected chi connectivity index (χ4v) is 2.81. The highest BCUT2D eigenvalue weighted by Crippen LogP contribution is 2.30. The van der Waals surface area contributed by atoms with Gasteiger partial charge in [0.25, 0.3) is 5.56 Å². The molecule has 0 bridgehead atoms. The summed E-state index contributed by atoms with van der Waals surface area (Å²) in [6.45, 7) is 6.69. The molecule has 1 aliphatic rings. The second-order valence-corrected chi connectivity index (χ2v) is 7.35. The largest absolute Gasteiger partial charge is 0.467 e. The van der Waals surface area contributed by atoms with Gasteiger partial charge in [0.1, 0.15) is 11.6 Å². The van der Waals surface area contributed by atoms with Crippen LogP contribution in [0.25, 0.3) is 0 Å². The van der Waals surface area contributed by atoms with Crippen LogP contribution in [0.15, 0.2) is 15.8 Å². The molecule has 2 N–H and O–H groups in total. The van der Waals surface area contributed by atoms with Gasteiger partial charge >= 0.3 is 17.8 Å². The van der Waals surface area contributed by atoms with Crippen molar-refractivity contribution >= 4 is 18.0 Å². The molecule has 154 valence electrons. The molecule has 2 amide bonds. The second kappa shape index (κ2) is 7.87. The van der Waals surface area contributed by atoms with Crippen molar-refractivity contribution in [2.45, 2.75) is 45.4 Å². The molecule has 11 heteroatoms. The summed E-state index contributed by atoms with van der Waals surface area (Å²) in [5.74, 6) is -1.22. The molecule has 2 atom stereocenters. The number of ether oxygens (including phenoxy) is 2. The van der Waals surface area contributed by atoms with Crippen molar-refractivity contribution in [1.29, 1.82) is 0 Å². The summed E-state index contributed by atoms with van der Waals surface area (Å²) in [4.78, 5) is 63.3. The maximum Gasteiger partial charge on any atom is 0.407 e. The van der Waals surface area contributed by atoms with Crippen LogP contribution in [0.3, 0.4) is 0 Å². The number of carbonyl (C=O) groups excluding carboxylic acids is 3. The van der Waals surface area contributed by atoms with Gasteiger partial charge < -0.3 is 19.7 Å². The number of hydrogen-bond acceptors (Lipinski definition) is 7. The summed E-state index contributed by atoms with van der Waals surface area (Å²) in [5.41, 5.74) is -1.81. The fourth-order valence-electron chi connectivity index (χ4n) is 2.81. The molecule has 1 aromatic heterocycles. The third kappa shape index (κ3) is 4.41. The van der Waals surface area contributed by atoms with Crippen molar-refractivity contribution in [3.8, 4) is 0 Å². The first-order valence-electron chi connectivity index (χ1n) is 8.63. The molecule has 28 heavy (non-hydrogen) atoms. The van der Waals surface area contributed by atoms with Gasteiger partial charge in [0.2, 0.25) is 5.91 Å². The lowest BCUT2D eigenvalue weighted by atomic mass is 9.94. The van der Waals surface area contributed by atoms with E-state index in [9.17, 15) is 24.0 Å². The molecule has 0 radical (unpaired) electrons. The monoisotopic (exact) mass is 396 g/mol. The number of carbonyl (C=O) groups is 3. The third-order valence-electron chi connectivity index (χ3n) is 4.08. The Morgan fingerprint density at radius 1 is 1.25 bits per heavy atom. The number of aromatic nitrogens is 2. The predicted octanol–water partition coefficient (Wildman–Crippen LogP) is -0.705. The molecular formula is C17H24N4O7. The standard InChI is InChI=1S/C17H24N4O7/c1-9-8-21(15(25)19-12(9)22)10-11(14(24)27-5)20(13(10)23)7-6-18-16(26)28-17(2,3)4/h8,10-11H,6-7H2,1-5H3,(H,18,26)(H,19,22,25). The Hall–Kier alpha value is -3.11. The number of aromatic amines is 1. The summed E-state index contributed by atoms with van der Waals surface area (Å²) < 4.78 is 10.9. The molecule has 11 nitrogen and oxygen atoms in total. The second-order valence-electron chi connectivity index (χ2n) is 7.35. The molecule has 2 rings (SSSR count). The number of methoxy groups -OCH3 is 1. The average Bonchev–Trinajstić information content (AvgIpc) is 2.58. The van der Waals surface area contributed by atoms with E-state index in [1.165, 1.54) is 25.1 Å². The van der Waals surface area contributed by atoms with Gasteiger partial charge in [-0.1, -0.05) is 0 Å². The quantitative estimate of drug-likeness (QED) is 0.495. The molecule has 1 aliphatic heterocycles. The van der Waals surface area contributed by atoms with Crippen LogP contribution in [0.5, 0.6) is 0 Å². The van der Waals surface area contributed by atoms with Crippen LogP contribution < -0.4 is 16.6 Å². The number of alkyl carbamates (subject to hydrolysis) is 1. The van der Waals surface area contributed by atoms with E-state index in [1.54, 1.807) is 20.8 Å². The maximum absolute atomic E-state index is 12.6. The third-order valence-corrected chi connectivity index (χ3v) is 4.08. The van der Waals surface area contributed by atoms with Crippen LogP contribution >= 0.6 is 0 Å². The minimum absolute atomic E-state index is 0.0193. The summed E-state index contributed by atoms with van der Waals surface area (Å²) in [6.07, 6.45) is 0.579. The van der Waals surface area contributed by atoms with Gasteiger partial charge in [-0.05, 0) is 27.7 Å². The van der Waals surface area contributed by atoms with Gasteiger partial charge in [-0.2, -0.15) is 0 Å². The number of hydrogen-bond donors (Lipinski definition) is 2. The van der Waals surface area contributed by atoms with Crippen molar-refractivity contribution in [3.63, 3.8) is 0 Å². The zero-order valence-corrected chi connectivity index (χ0v) is 16.4. The minimum atomic E-state index is -1.13. The number of likely N-dealkylation sites (tertiary alicyclic amines) is 1. The van der Waals surface area contributed by atoms with Crippen molar-refractivity contribution in [2.75, 3.05) is 20.2 Å². The molecule has 2 unspecified atom stereocenters. The Balaban J connectivity index is 2.13. The van der Waals surface area contributed by atoms with Crippen LogP contribution in [-0.2, 0) is 19.1 Å². The average molecular weight is 396 g/mol. The van der Waals surface area contributed by atoms with E-state index in [2.05, 4.69) is 10.3 Å². The normalized spacial score (nSPS) is 19.0. The van der Waals surface area contributed by atoms with Crippen LogP contribution in [-0.4, -0.2) is 64.3 Å². The zero-order valence-electron chi connectivity index (χ0n) is 16.4. The summed E-state index contributed by atoms with van der Waals surface area (Å²) in [5, 5.41) is 2.50. The SMILES string of the molecule is COC(=O)C1C(n2cc(C)c(=O)[nH]c2=O)C(=O)N1CCNC(=O)OC(C)(C)C. The van der Waals surface area contributed by atoms with Crippen molar-refractivity contribution < 1.29 is 23.9 Å². The number of H-pyrrole nitrogens is 1. The lowest BCUT2D eigenvalue weighted by Crippen LogP contribution is -2.67. The number of amides is 2. The van der Waals surface area contributed by atoms with Gasteiger partial charge in [-0.3, -0.25) is 19.1 Å². The Kier molecular flexibility index (Phi) is 5.95. The molecule has 0 saturated carbocycles. The van der Waals surface area contributed by atoms with Crippen LogP contribution in [0, 0.1) is 6.92 Å². The molecule has 1 saturated heterocycles. The minimum Gasteiger partial charge on any atom is -0.467 e. The fraction of sp³-hybridized carbons (Fsp3) is 0.588. The Morgan fingerprint density at radius 2 is 1.89 bits per heavy atom. The number of esters is 1. The highest BCUT2D eigenvalue weighted by Gasteiger charge is 2.53. The Labute approximate surface area is 160 Å². The molecule has 2 heterocycles. The molecular weight excluding hydrogens is 372 g/mol. The van der Waals surface area contributed by atoms with Crippen molar-refractivity contribution in [1.82, 2.24) is 19.8 Å². The predicted molar refractivity (Wildman–Crippen MR) is 96.9 cm³/mol. The first-order valence-corrected chi connectivity index (χ1v) is 8.63. The first-order chi connectivity index (χ1) is 13.0. The summed E-state index contributed by atoms with van der Waals surface area (Å²) >= 11 is 0. The van der Waals surface area contributed by atoms with Gasteiger partial charge in [0.05, 0.1) is 7.11 Å². The Morgan fingerprint density at radius 3 is 2.46 bits per heavy atom. The number of nitrogens with zero attached hydrogens (tertiary/aromatic N) is 2. The van der Waals surface area contributed by atoms with Gasteiger partial charge in [-0.25, -0.2) is 14.4 Å². The topological polar surface area (TPSA) is 140 Å². The smallest absolute Gasteiger partial charge is 0.407 e. The Bertz CT molecular complexity index is 896. The lowest BCUT2D eigenvalue weighted by molar-refractivity contribution is -0.171. The number of nitrogens with one attached hydrogen (secondary N) is 2. The molecule has 1 fully saturated rings. The molecule has 0 aromatic carbocycles. The summed E-state index contributed by atoms with van der Waals surface area (Å²) in [6, 6.07) is -2.18. The van der Waals surface area contributed by atoms with E-state index in [1.807, 2.05) is 0 Å². The maximum atomic E-state index is 12.6.